The maximum absolute atomic E-state index is 13.5. The number of para-hydroxylation sites is 1. The summed E-state index contributed by atoms with van der Waals surface area (Å²) in [7, 11) is 0. The smallest absolute Gasteiger partial charge is 0.254 e. The largest absolute Gasteiger partial charge is 0.368 e. The van der Waals surface area contributed by atoms with Crippen LogP contribution in [0.1, 0.15) is 32.6 Å². The first-order valence-corrected chi connectivity index (χ1v) is 13.1. The van der Waals surface area contributed by atoms with E-state index in [1.165, 1.54) is 5.56 Å². The maximum Gasteiger partial charge on any atom is 0.254 e. The third kappa shape index (κ3) is 5.52. The number of hydrogen-bond acceptors (Lipinski definition) is 5. The number of aromatic nitrogens is 1. The van der Waals surface area contributed by atoms with Crippen LogP contribution < -0.4 is 9.80 Å². The van der Waals surface area contributed by atoms with Crippen molar-refractivity contribution >= 4 is 17.4 Å². The van der Waals surface area contributed by atoms with Gasteiger partial charge in [-0.2, -0.15) is 0 Å². The molecule has 0 radical (unpaired) electrons. The number of pyridine rings is 1. The lowest BCUT2D eigenvalue weighted by Crippen LogP contribution is -2.49. The van der Waals surface area contributed by atoms with E-state index in [1.54, 1.807) is 6.20 Å². The van der Waals surface area contributed by atoms with Crippen LogP contribution in [0.25, 0.3) is 0 Å². The van der Waals surface area contributed by atoms with E-state index in [9.17, 15) is 4.79 Å². The van der Waals surface area contributed by atoms with Gasteiger partial charge in [-0.05, 0) is 48.4 Å². The van der Waals surface area contributed by atoms with E-state index < -0.39 is 0 Å². The van der Waals surface area contributed by atoms with Crippen LogP contribution in [0.2, 0.25) is 0 Å². The van der Waals surface area contributed by atoms with Crippen molar-refractivity contribution in [1.82, 2.24) is 14.8 Å². The van der Waals surface area contributed by atoms with Crippen molar-refractivity contribution in [2.45, 2.75) is 13.5 Å². The van der Waals surface area contributed by atoms with Crippen molar-refractivity contribution in [2.24, 2.45) is 0 Å². The Labute approximate surface area is 225 Å². The summed E-state index contributed by atoms with van der Waals surface area (Å²) in [4.78, 5) is 26.9. The van der Waals surface area contributed by atoms with Crippen LogP contribution >= 0.6 is 0 Å². The van der Waals surface area contributed by atoms with Crippen molar-refractivity contribution in [1.29, 1.82) is 0 Å². The Hall–Kier alpha value is -4.26. The first-order valence-electron chi connectivity index (χ1n) is 13.1. The highest BCUT2D eigenvalue weighted by Crippen LogP contribution is 2.23. The minimum Gasteiger partial charge on any atom is -0.368 e. The fourth-order valence-electron chi connectivity index (χ4n) is 5.24. The molecule has 0 spiro atoms. The molecule has 2 saturated heterocycles. The lowest BCUT2D eigenvalue weighted by atomic mass is 10.0. The highest BCUT2D eigenvalue weighted by Gasteiger charge is 2.25. The average molecular weight is 504 g/mol. The fourth-order valence-corrected chi connectivity index (χ4v) is 5.24. The fraction of sp³-hybridized carbons (Fsp3) is 0.312. The molecule has 0 unspecified atom stereocenters. The number of anilines is 2. The number of carbonyl (C=O) groups is 1. The van der Waals surface area contributed by atoms with Gasteiger partial charge in [0.1, 0.15) is 5.82 Å². The number of carbonyl (C=O) groups excluding carboxylic acids is 1. The van der Waals surface area contributed by atoms with Crippen LogP contribution in [0.4, 0.5) is 11.5 Å². The predicted octanol–water partition coefficient (Wildman–Crippen LogP) is 3.64. The molecule has 6 heteroatoms. The Kier molecular flexibility index (Phi) is 7.63. The van der Waals surface area contributed by atoms with Crippen LogP contribution in [0.5, 0.6) is 0 Å². The number of amides is 1. The summed E-state index contributed by atoms with van der Waals surface area (Å²) in [6, 6.07) is 18.3. The van der Waals surface area contributed by atoms with Crippen LogP contribution in [-0.4, -0.2) is 73.0 Å². The van der Waals surface area contributed by atoms with E-state index in [2.05, 4.69) is 55.8 Å². The van der Waals surface area contributed by atoms with Crippen molar-refractivity contribution < 1.29 is 4.79 Å². The molecule has 2 aliphatic heterocycles. The summed E-state index contributed by atoms with van der Waals surface area (Å²) in [5.74, 6) is 6.41. The molecule has 1 aromatic heterocycles. The molecular weight excluding hydrogens is 470 g/mol. The van der Waals surface area contributed by atoms with Crippen molar-refractivity contribution in [3.05, 3.63) is 88.6 Å². The van der Waals surface area contributed by atoms with Gasteiger partial charge in [-0.15, -0.1) is 12.8 Å². The van der Waals surface area contributed by atoms with Crippen LogP contribution in [-0.2, 0) is 6.54 Å². The number of rotatable bonds is 5. The van der Waals surface area contributed by atoms with E-state index in [1.807, 2.05) is 42.2 Å². The second-order valence-electron chi connectivity index (χ2n) is 9.90. The normalized spacial score (nSPS) is 16.1. The van der Waals surface area contributed by atoms with Crippen LogP contribution in [0, 0.1) is 31.6 Å². The summed E-state index contributed by atoms with van der Waals surface area (Å²) in [6.07, 6.45) is 12.9. The van der Waals surface area contributed by atoms with Gasteiger partial charge >= 0.3 is 0 Å². The quantitative estimate of drug-likeness (QED) is 0.498. The van der Waals surface area contributed by atoms with Gasteiger partial charge in [-0.3, -0.25) is 9.69 Å². The Morgan fingerprint density at radius 3 is 2.29 bits per heavy atom. The Bertz CT molecular complexity index is 1370. The van der Waals surface area contributed by atoms with Crippen molar-refractivity contribution in [3.8, 4) is 24.7 Å². The molecule has 2 aromatic carbocycles. The van der Waals surface area contributed by atoms with Crippen molar-refractivity contribution in [2.75, 3.05) is 62.2 Å². The molecule has 0 atom stereocenters. The molecule has 3 aromatic rings. The molecule has 0 saturated carbocycles. The van der Waals surface area contributed by atoms with Gasteiger partial charge in [0, 0.05) is 81.8 Å². The molecule has 2 aliphatic rings. The molecule has 6 nitrogen and oxygen atoms in total. The molecule has 5 rings (SSSR count). The van der Waals surface area contributed by atoms with Gasteiger partial charge in [-0.1, -0.05) is 36.1 Å². The summed E-state index contributed by atoms with van der Waals surface area (Å²) in [6.45, 7) is 9.46. The molecule has 38 heavy (non-hydrogen) atoms. The number of nitrogens with zero attached hydrogens (tertiary/aromatic N) is 5. The Morgan fingerprint density at radius 2 is 1.61 bits per heavy atom. The summed E-state index contributed by atoms with van der Waals surface area (Å²) >= 11 is 0. The van der Waals surface area contributed by atoms with E-state index in [-0.39, 0.29) is 5.91 Å². The molecule has 0 aliphatic carbocycles. The zero-order valence-corrected chi connectivity index (χ0v) is 21.9. The average Bonchev–Trinajstić information content (AvgIpc) is 2.98. The lowest BCUT2D eigenvalue weighted by Gasteiger charge is -2.37. The molecular formula is C32H33N5O. The number of aryl methyl sites for hydroxylation is 1. The summed E-state index contributed by atoms with van der Waals surface area (Å²) in [5.41, 5.74) is 5.85. The van der Waals surface area contributed by atoms with Gasteiger partial charge in [0.15, 0.2) is 0 Å². The molecule has 2 fully saturated rings. The van der Waals surface area contributed by atoms with Gasteiger partial charge in [0.25, 0.3) is 5.91 Å². The Balaban J connectivity index is 1.18. The van der Waals surface area contributed by atoms with E-state index in [4.69, 9.17) is 12.8 Å². The summed E-state index contributed by atoms with van der Waals surface area (Å²) in [5, 5.41) is 0. The third-order valence-electron chi connectivity index (χ3n) is 7.52. The monoisotopic (exact) mass is 503 g/mol. The van der Waals surface area contributed by atoms with Crippen LogP contribution in [0.15, 0.2) is 60.8 Å². The SMILES string of the molecule is C#Cc1ccc(N2CCN(C(=O)c3cc(CN4CCN(c5ccccc5C#C)CC4)ccc3C)CC2)nc1. The van der Waals surface area contributed by atoms with Gasteiger partial charge < -0.3 is 14.7 Å². The molecule has 1 amide bonds. The number of hydrogen-bond donors (Lipinski definition) is 0. The number of benzene rings is 2. The molecule has 3 heterocycles. The van der Waals surface area contributed by atoms with Crippen LogP contribution in [0.3, 0.4) is 0 Å². The van der Waals surface area contributed by atoms with Gasteiger partial charge in [-0.25, -0.2) is 4.98 Å². The van der Waals surface area contributed by atoms with E-state index in [0.29, 0.717) is 13.1 Å². The lowest BCUT2D eigenvalue weighted by molar-refractivity contribution is 0.0745. The topological polar surface area (TPSA) is 42.9 Å². The summed E-state index contributed by atoms with van der Waals surface area (Å²) < 4.78 is 0. The minimum atomic E-state index is 0.107. The highest BCUT2D eigenvalue weighted by atomic mass is 16.2. The molecule has 0 bridgehead atoms. The predicted molar refractivity (Wildman–Crippen MR) is 153 cm³/mol. The van der Waals surface area contributed by atoms with Gasteiger partial charge in [0.2, 0.25) is 0 Å². The van der Waals surface area contributed by atoms with Gasteiger partial charge in [0.05, 0.1) is 5.69 Å². The third-order valence-corrected chi connectivity index (χ3v) is 7.52. The standard InChI is InChI=1S/C32H33N5O/c1-4-26-12-13-31(33-23-26)36-18-20-37(21-19-36)32(38)29-22-27(11-10-25(29)3)24-34-14-16-35(17-15-34)30-9-7-6-8-28(30)5-2/h1-2,6-13,22-23H,14-21,24H2,3H3. The molecule has 192 valence electrons. The Morgan fingerprint density at radius 1 is 0.868 bits per heavy atom. The highest BCUT2D eigenvalue weighted by molar-refractivity contribution is 5.96. The van der Waals surface area contributed by atoms with Crippen molar-refractivity contribution in [3.63, 3.8) is 0 Å². The minimum absolute atomic E-state index is 0.107. The first-order chi connectivity index (χ1) is 18.6. The molecule has 0 N–H and O–H groups in total. The second kappa shape index (κ2) is 11.4. The zero-order chi connectivity index (χ0) is 26.5. The zero-order valence-electron chi connectivity index (χ0n) is 21.9. The van der Waals surface area contributed by atoms with E-state index >= 15 is 0 Å². The second-order valence-corrected chi connectivity index (χ2v) is 9.90. The first kappa shape index (κ1) is 25.4. The number of piperazine rings is 2. The number of terminal acetylenes is 2. The maximum atomic E-state index is 13.5. The van der Waals surface area contributed by atoms with E-state index in [0.717, 1.165) is 79.6 Å².